The summed E-state index contributed by atoms with van der Waals surface area (Å²) in [7, 11) is 1.52. The van der Waals surface area contributed by atoms with Crippen molar-refractivity contribution in [1.29, 1.82) is 0 Å². The predicted octanol–water partition coefficient (Wildman–Crippen LogP) is 3.57. The van der Waals surface area contributed by atoms with E-state index in [1.807, 2.05) is 13.0 Å². The molecule has 0 fully saturated rings. The van der Waals surface area contributed by atoms with Gasteiger partial charge in [0.25, 0.3) is 0 Å². The molecule has 0 unspecified atom stereocenters. The summed E-state index contributed by atoms with van der Waals surface area (Å²) in [5.74, 6) is 0.339. The Hall–Kier alpha value is -2.23. The summed E-state index contributed by atoms with van der Waals surface area (Å²) in [6.07, 6.45) is 0. The molecular formula is C16H18FNO2. The summed E-state index contributed by atoms with van der Waals surface area (Å²) in [5.41, 5.74) is 1.92. The zero-order chi connectivity index (χ0) is 14.5. The van der Waals surface area contributed by atoms with Crippen LogP contribution in [0.25, 0.3) is 0 Å². The number of halogens is 1. The molecule has 0 aliphatic carbocycles. The molecule has 0 aliphatic heterocycles. The van der Waals surface area contributed by atoms with E-state index in [1.165, 1.54) is 19.2 Å². The van der Waals surface area contributed by atoms with E-state index in [-0.39, 0.29) is 11.6 Å². The third-order valence-electron chi connectivity index (χ3n) is 3.19. The third-order valence-corrected chi connectivity index (χ3v) is 3.19. The second kappa shape index (κ2) is 6.28. The number of benzene rings is 2. The van der Waals surface area contributed by atoms with Crippen molar-refractivity contribution < 1.29 is 14.2 Å². The number of phenolic OH excluding ortho intramolecular Hbond substituents is 1. The Morgan fingerprint density at radius 3 is 2.40 bits per heavy atom. The summed E-state index contributed by atoms with van der Waals surface area (Å²) >= 11 is 0. The minimum absolute atomic E-state index is 0.125. The fourth-order valence-corrected chi connectivity index (χ4v) is 2.09. The van der Waals surface area contributed by atoms with Crippen LogP contribution in [0, 0.1) is 5.82 Å². The molecule has 4 heteroatoms. The predicted molar refractivity (Wildman–Crippen MR) is 77.8 cm³/mol. The molecule has 20 heavy (non-hydrogen) atoms. The molecule has 0 amide bonds. The van der Waals surface area contributed by atoms with E-state index < -0.39 is 0 Å². The van der Waals surface area contributed by atoms with Crippen LogP contribution in [0.15, 0.2) is 42.5 Å². The van der Waals surface area contributed by atoms with E-state index in [1.54, 1.807) is 24.3 Å². The van der Waals surface area contributed by atoms with Gasteiger partial charge in [-0.25, -0.2) is 4.39 Å². The minimum Gasteiger partial charge on any atom is -0.504 e. The number of hydrogen-bond acceptors (Lipinski definition) is 3. The monoisotopic (exact) mass is 275 g/mol. The number of phenols is 1. The lowest BCUT2D eigenvalue weighted by Gasteiger charge is -2.23. The van der Waals surface area contributed by atoms with Crippen LogP contribution in [0.2, 0.25) is 0 Å². The summed E-state index contributed by atoms with van der Waals surface area (Å²) in [6, 6.07) is 11.7. The first-order chi connectivity index (χ1) is 9.63. The molecule has 1 N–H and O–H groups in total. The molecule has 0 aromatic heterocycles. The molecule has 106 valence electrons. The molecule has 0 radical (unpaired) electrons. The first kappa shape index (κ1) is 14.2. The smallest absolute Gasteiger partial charge is 0.160 e. The first-order valence-corrected chi connectivity index (χ1v) is 6.50. The lowest BCUT2D eigenvalue weighted by molar-refractivity contribution is 0.373. The molecule has 0 spiro atoms. The largest absolute Gasteiger partial charge is 0.504 e. The Balaban J connectivity index is 2.17. The van der Waals surface area contributed by atoms with Crippen LogP contribution in [0.5, 0.6) is 11.5 Å². The van der Waals surface area contributed by atoms with Crippen molar-refractivity contribution in [2.24, 2.45) is 0 Å². The van der Waals surface area contributed by atoms with Gasteiger partial charge in [0.15, 0.2) is 11.5 Å². The summed E-state index contributed by atoms with van der Waals surface area (Å²) in [6.45, 7) is 3.46. The molecule has 0 atom stereocenters. The van der Waals surface area contributed by atoms with Gasteiger partial charge >= 0.3 is 0 Å². The standard InChI is InChI=1S/C16H18FNO2/c1-3-18(14-7-5-13(17)6-8-14)11-12-4-9-16(20-2)15(19)10-12/h4-10,19H,3,11H2,1-2H3. The van der Waals surface area contributed by atoms with Crippen LogP contribution in [0.4, 0.5) is 10.1 Å². The molecule has 0 heterocycles. The van der Waals surface area contributed by atoms with Gasteiger partial charge in [-0.1, -0.05) is 6.07 Å². The number of nitrogens with zero attached hydrogens (tertiary/aromatic N) is 1. The lowest BCUT2D eigenvalue weighted by Crippen LogP contribution is -2.21. The van der Waals surface area contributed by atoms with Gasteiger partial charge in [-0.3, -0.25) is 0 Å². The second-order valence-corrected chi connectivity index (χ2v) is 4.50. The van der Waals surface area contributed by atoms with E-state index in [4.69, 9.17) is 4.74 Å². The minimum atomic E-state index is -0.244. The van der Waals surface area contributed by atoms with Crippen molar-refractivity contribution in [3.63, 3.8) is 0 Å². The normalized spacial score (nSPS) is 10.3. The van der Waals surface area contributed by atoms with Crippen LogP contribution < -0.4 is 9.64 Å². The zero-order valence-electron chi connectivity index (χ0n) is 11.6. The molecule has 3 nitrogen and oxygen atoms in total. The lowest BCUT2D eigenvalue weighted by atomic mass is 10.1. The number of hydrogen-bond donors (Lipinski definition) is 1. The van der Waals surface area contributed by atoms with Crippen molar-refractivity contribution in [3.8, 4) is 11.5 Å². The van der Waals surface area contributed by atoms with Crippen molar-refractivity contribution in [2.45, 2.75) is 13.5 Å². The number of methoxy groups -OCH3 is 1. The molecule has 0 aliphatic rings. The van der Waals surface area contributed by atoms with Crippen LogP contribution >= 0.6 is 0 Å². The fourth-order valence-electron chi connectivity index (χ4n) is 2.09. The fraction of sp³-hybridized carbons (Fsp3) is 0.250. The molecular weight excluding hydrogens is 257 g/mol. The van der Waals surface area contributed by atoms with Crippen LogP contribution in [-0.2, 0) is 6.54 Å². The summed E-state index contributed by atoms with van der Waals surface area (Å²) in [5, 5.41) is 9.79. The van der Waals surface area contributed by atoms with Crippen molar-refractivity contribution in [1.82, 2.24) is 0 Å². The van der Waals surface area contributed by atoms with E-state index in [2.05, 4.69) is 4.90 Å². The maximum Gasteiger partial charge on any atom is 0.160 e. The van der Waals surface area contributed by atoms with E-state index in [0.717, 1.165) is 17.8 Å². The Morgan fingerprint density at radius 1 is 1.15 bits per heavy atom. The SMILES string of the molecule is CCN(Cc1ccc(OC)c(O)c1)c1ccc(F)cc1. The summed E-state index contributed by atoms with van der Waals surface area (Å²) < 4.78 is 18.0. The number of ether oxygens (including phenoxy) is 1. The Bertz CT molecular complexity index is 569. The van der Waals surface area contributed by atoms with E-state index >= 15 is 0 Å². The van der Waals surface area contributed by atoms with Gasteiger partial charge in [0.1, 0.15) is 5.82 Å². The van der Waals surface area contributed by atoms with Crippen molar-refractivity contribution in [3.05, 3.63) is 53.8 Å². The maximum absolute atomic E-state index is 13.0. The highest BCUT2D eigenvalue weighted by molar-refractivity contribution is 5.48. The summed E-state index contributed by atoms with van der Waals surface area (Å²) in [4.78, 5) is 2.10. The topological polar surface area (TPSA) is 32.7 Å². The molecule has 2 aromatic carbocycles. The van der Waals surface area contributed by atoms with Gasteiger partial charge in [-0.05, 0) is 48.9 Å². The van der Waals surface area contributed by atoms with E-state index in [9.17, 15) is 9.50 Å². The van der Waals surface area contributed by atoms with E-state index in [0.29, 0.717) is 12.3 Å². The van der Waals surface area contributed by atoms with Gasteiger partial charge in [0.2, 0.25) is 0 Å². The molecule has 2 rings (SSSR count). The van der Waals surface area contributed by atoms with Gasteiger partial charge in [-0.15, -0.1) is 0 Å². The third kappa shape index (κ3) is 3.20. The Labute approximate surface area is 118 Å². The highest BCUT2D eigenvalue weighted by Gasteiger charge is 2.08. The highest BCUT2D eigenvalue weighted by atomic mass is 19.1. The maximum atomic E-state index is 13.0. The number of aromatic hydroxyl groups is 1. The van der Waals surface area contributed by atoms with Gasteiger partial charge in [0.05, 0.1) is 7.11 Å². The average Bonchev–Trinajstić information content (AvgIpc) is 2.46. The van der Waals surface area contributed by atoms with Crippen LogP contribution in [0.1, 0.15) is 12.5 Å². The zero-order valence-corrected chi connectivity index (χ0v) is 11.6. The highest BCUT2D eigenvalue weighted by Crippen LogP contribution is 2.27. The number of rotatable bonds is 5. The van der Waals surface area contributed by atoms with Crippen molar-refractivity contribution in [2.75, 3.05) is 18.6 Å². The van der Waals surface area contributed by atoms with Crippen LogP contribution in [0.3, 0.4) is 0 Å². The Morgan fingerprint density at radius 2 is 1.85 bits per heavy atom. The molecule has 0 saturated heterocycles. The van der Waals surface area contributed by atoms with Gasteiger partial charge in [-0.2, -0.15) is 0 Å². The quantitative estimate of drug-likeness (QED) is 0.905. The van der Waals surface area contributed by atoms with Gasteiger partial charge < -0.3 is 14.7 Å². The Kier molecular flexibility index (Phi) is 4.45. The second-order valence-electron chi connectivity index (χ2n) is 4.50. The van der Waals surface area contributed by atoms with Crippen molar-refractivity contribution >= 4 is 5.69 Å². The molecule has 2 aromatic rings. The van der Waals surface area contributed by atoms with Crippen LogP contribution in [-0.4, -0.2) is 18.8 Å². The number of anilines is 1. The molecule has 0 saturated carbocycles. The van der Waals surface area contributed by atoms with Gasteiger partial charge in [0, 0.05) is 18.8 Å². The average molecular weight is 275 g/mol. The molecule has 0 bridgehead atoms. The first-order valence-electron chi connectivity index (χ1n) is 6.50.